The van der Waals surface area contributed by atoms with Crippen molar-refractivity contribution in [2.45, 2.75) is 38.8 Å². The van der Waals surface area contributed by atoms with Crippen LogP contribution in [0.15, 0.2) is 39.9 Å². The topological polar surface area (TPSA) is 110 Å². The van der Waals surface area contributed by atoms with Gasteiger partial charge in [-0.2, -0.15) is 0 Å². The van der Waals surface area contributed by atoms with E-state index in [0.29, 0.717) is 27.7 Å². The molecule has 4 rings (SSSR count). The fourth-order valence-electron chi connectivity index (χ4n) is 3.86. The second-order valence-electron chi connectivity index (χ2n) is 7.28. The maximum absolute atomic E-state index is 12.9. The lowest BCUT2D eigenvalue weighted by atomic mass is 10.1. The highest BCUT2D eigenvalue weighted by Gasteiger charge is 2.25. The number of amides is 1. The first kappa shape index (κ1) is 20.1. The number of thiophene rings is 1. The van der Waals surface area contributed by atoms with Crippen LogP contribution in [0.4, 0.5) is 0 Å². The van der Waals surface area contributed by atoms with Crippen LogP contribution in [0.5, 0.6) is 0 Å². The maximum Gasteiger partial charge on any atom is 0.333 e. The lowest BCUT2D eigenvalue weighted by Crippen LogP contribution is -2.43. The van der Waals surface area contributed by atoms with E-state index >= 15 is 0 Å². The Labute approximate surface area is 175 Å². The minimum Gasteiger partial charge on any atom is -0.480 e. The van der Waals surface area contributed by atoms with Gasteiger partial charge < -0.3 is 10.4 Å². The fourth-order valence-corrected chi connectivity index (χ4v) is 5.23. The molecule has 2 aromatic heterocycles. The first-order chi connectivity index (χ1) is 14.5. The standard InChI is InChI=1S/C21H21N3O5S/c25-16(22-10-9-13-5-2-1-3-6-13)11-24-20-18(14-7-4-8-15(14)30-20)19(28)23(21(24)29)12-17(26)27/h1-3,5-6H,4,7-12H2,(H,22,25)(H,26,27). The van der Waals surface area contributed by atoms with Crippen molar-refractivity contribution in [3.05, 3.63) is 67.2 Å². The van der Waals surface area contributed by atoms with Crippen molar-refractivity contribution in [2.24, 2.45) is 0 Å². The van der Waals surface area contributed by atoms with Crippen LogP contribution in [-0.4, -0.2) is 32.7 Å². The molecule has 3 aromatic rings. The maximum atomic E-state index is 12.9. The molecule has 0 spiro atoms. The molecule has 0 atom stereocenters. The number of carbonyl (C=O) groups excluding carboxylic acids is 1. The van der Waals surface area contributed by atoms with E-state index in [1.807, 2.05) is 30.3 Å². The summed E-state index contributed by atoms with van der Waals surface area (Å²) in [6, 6.07) is 9.71. The molecule has 0 saturated carbocycles. The third-order valence-electron chi connectivity index (χ3n) is 5.24. The van der Waals surface area contributed by atoms with Gasteiger partial charge in [0.25, 0.3) is 5.56 Å². The number of nitrogens with zero attached hydrogens (tertiary/aromatic N) is 2. The van der Waals surface area contributed by atoms with Gasteiger partial charge in [0.15, 0.2) is 0 Å². The predicted octanol–water partition coefficient (Wildman–Crippen LogP) is 1.16. The van der Waals surface area contributed by atoms with Crippen LogP contribution < -0.4 is 16.6 Å². The van der Waals surface area contributed by atoms with Crippen molar-refractivity contribution in [2.75, 3.05) is 6.54 Å². The Morgan fingerprint density at radius 2 is 1.83 bits per heavy atom. The molecule has 1 aromatic carbocycles. The Hall–Kier alpha value is -3.20. The number of carbonyl (C=O) groups is 2. The van der Waals surface area contributed by atoms with E-state index in [0.717, 1.165) is 35.3 Å². The Morgan fingerprint density at radius 3 is 2.57 bits per heavy atom. The van der Waals surface area contributed by atoms with Crippen molar-refractivity contribution in [3.8, 4) is 0 Å². The van der Waals surface area contributed by atoms with Crippen LogP contribution in [0.3, 0.4) is 0 Å². The highest BCUT2D eigenvalue weighted by atomic mass is 32.1. The van der Waals surface area contributed by atoms with E-state index in [2.05, 4.69) is 5.32 Å². The van der Waals surface area contributed by atoms with Crippen molar-refractivity contribution in [1.82, 2.24) is 14.5 Å². The van der Waals surface area contributed by atoms with E-state index in [4.69, 9.17) is 5.11 Å². The number of carboxylic acids is 1. The second-order valence-corrected chi connectivity index (χ2v) is 8.36. The molecule has 9 heteroatoms. The van der Waals surface area contributed by atoms with E-state index in [9.17, 15) is 19.2 Å². The molecular weight excluding hydrogens is 406 g/mol. The van der Waals surface area contributed by atoms with Crippen LogP contribution in [0.2, 0.25) is 0 Å². The molecule has 0 unspecified atom stereocenters. The molecule has 1 aliphatic carbocycles. The van der Waals surface area contributed by atoms with Crippen LogP contribution in [0, 0.1) is 0 Å². The van der Waals surface area contributed by atoms with E-state index < -0.39 is 23.8 Å². The molecule has 0 aliphatic heterocycles. The minimum atomic E-state index is -1.28. The summed E-state index contributed by atoms with van der Waals surface area (Å²) in [5, 5.41) is 12.3. The molecule has 2 heterocycles. The number of nitrogens with one attached hydrogen (secondary N) is 1. The number of hydrogen-bond acceptors (Lipinski definition) is 5. The summed E-state index contributed by atoms with van der Waals surface area (Å²) in [6.07, 6.45) is 3.13. The van der Waals surface area contributed by atoms with Gasteiger partial charge in [-0.25, -0.2) is 9.36 Å². The van der Waals surface area contributed by atoms with Gasteiger partial charge in [-0.15, -0.1) is 11.3 Å². The number of aliphatic carboxylic acids is 1. The molecule has 0 saturated heterocycles. The number of fused-ring (bicyclic) bond motifs is 3. The second kappa shape index (κ2) is 8.27. The molecule has 8 nitrogen and oxygen atoms in total. The lowest BCUT2D eigenvalue weighted by molar-refractivity contribution is -0.137. The molecule has 156 valence electrons. The Bertz CT molecular complexity index is 1240. The Balaban J connectivity index is 1.64. The summed E-state index contributed by atoms with van der Waals surface area (Å²) in [5.41, 5.74) is 0.616. The quantitative estimate of drug-likeness (QED) is 0.588. The first-order valence-corrected chi connectivity index (χ1v) is 10.6. The van der Waals surface area contributed by atoms with Crippen molar-refractivity contribution < 1.29 is 14.7 Å². The zero-order valence-electron chi connectivity index (χ0n) is 16.2. The number of carboxylic acid groups (broad SMARTS) is 1. The zero-order valence-corrected chi connectivity index (χ0v) is 17.0. The summed E-state index contributed by atoms with van der Waals surface area (Å²) in [5.74, 6) is -1.64. The van der Waals surface area contributed by atoms with E-state index in [1.165, 1.54) is 15.9 Å². The van der Waals surface area contributed by atoms with Crippen LogP contribution in [0.1, 0.15) is 22.4 Å². The zero-order chi connectivity index (χ0) is 21.3. The summed E-state index contributed by atoms with van der Waals surface area (Å²) in [7, 11) is 0. The van der Waals surface area contributed by atoms with E-state index in [1.54, 1.807) is 0 Å². The molecule has 30 heavy (non-hydrogen) atoms. The first-order valence-electron chi connectivity index (χ1n) is 9.76. The van der Waals surface area contributed by atoms with Crippen LogP contribution in [-0.2, 0) is 41.9 Å². The highest BCUT2D eigenvalue weighted by Crippen LogP contribution is 2.35. The third kappa shape index (κ3) is 3.80. The van der Waals surface area contributed by atoms with Gasteiger partial charge in [0, 0.05) is 11.4 Å². The monoisotopic (exact) mass is 427 g/mol. The number of aromatic nitrogens is 2. The van der Waals surface area contributed by atoms with Gasteiger partial charge in [0.1, 0.15) is 17.9 Å². The smallest absolute Gasteiger partial charge is 0.333 e. The summed E-state index contributed by atoms with van der Waals surface area (Å²) in [6.45, 7) is -0.576. The highest BCUT2D eigenvalue weighted by molar-refractivity contribution is 7.19. The number of benzene rings is 1. The van der Waals surface area contributed by atoms with Crippen molar-refractivity contribution in [3.63, 3.8) is 0 Å². The number of aryl methyl sites for hydroxylation is 2. The fraction of sp³-hybridized carbons (Fsp3) is 0.333. The Morgan fingerprint density at radius 1 is 1.07 bits per heavy atom. The van der Waals surface area contributed by atoms with Crippen LogP contribution in [0.25, 0.3) is 10.2 Å². The predicted molar refractivity (Wildman–Crippen MR) is 113 cm³/mol. The minimum absolute atomic E-state index is 0.261. The Kier molecular flexibility index (Phi) is 5.54. The van der Waals surface area contributed by atoms with Gasteiger partial charge in [-0.3, -0.25) is 19.0 Å². The normalized spacial score (nSPS) is 12.8. The SMILES string of the molecule is O=C(O)Cn1c(=O)c2c3c(sc2n(CC(=O)NCCc2ccccc2)c1=O)CCC3. The number of rotatable bonds is 7. The van der Waals surface area contributed by atoms with Gasteiger partial charge in [-0.1, -0.05) is 30.3 Å². The van der Waals surface area contributed by atoms with Gasteiger partial charge in [-0.05, 0) is 36.8 Å². The van der Waals surface area contributed by atoms with Gasteiger partial charge >= 0.3 is 11.7 Å². The average molecular weight is 427 g/mol. The molecule has 2 N–H and O–H groups in total. The van der Waals surface area contributed by atoms with Crippen molar-refractivity contribution in [1.29, 1.82) is 0 Å². The number of hydrogen-bond donors (Lipinski definition) is 2. The molecule has 0 radical (unpaired) electrons. The molecule has 1 amide bonds. The summed E-state index contributed by atoms with van der Waals surface area (Å²) in [4.78, 5) is 51.0. The molecule has 0 fully saturated rings. The van der Waals surface area contributed by atoms with E-state index in [-0.39, 0.29) is 12.5 Å². The molecule has 1 aliphatic rings. The molecule has 0 bridgehead atoms. The van der Waals surface area contributed by atoms with Crippen molar-refractivity contribution >= 4 is 33.4 Å². The van der Waals surface area contributed by atoms with Gasteiger partial charge in [0.05, 0.1) is 5.39 Å². The lowest BCUT2D eigenvalue weighted by Gasteiger charge is -2.12. The van der Waals surface area contributed by atoms with Crippen LogP contribution >= 0.6 is 11.3 Å². The molecular formula is C21H21N3O5S. The van der Waals surface area contributed by atoms with Gasteiger partial charge in [0.2, 0.25) is 5.91 Å². The largest absolute Gasteiger partial charge is 0.480 e. The summed E-state index contributed by atoms with van der Waals surface area (Å²) >= 11 is 1.35. The average Bonchev–Trinajstić information content (AvgIpc) is 3.30. The summed E-state index contributed by atoms with van der Waals surface area (Å²) < 4.78 is 1.95. The third-order valence-corrected chi connectivity index (χ3v) is 6.56.